The standard InChI is InChI=1S/C14H17N3OS/c1-9-6-5-7-12(8-9)13-15-16-14(17(13)4)19-11(3)10(2)18/h5-8,11H,1-4H3. The van der Waals surface area contributed by atoms with Gasteiger partial charge in [0, 0.05) is 12.6 Å². The van der Waals surface area contributed by atoms with Gasteiger partial charge in [-0.25, -0.2) is 0 Å². The maximum absolute atomic E-state index is 11.3. The SMILES string of the molecule is CC(=O)C(C)Sc1nnc(-c2cccc(C)c2)n1C. The van der Waals surface area contributed by atoms with Gasteiger partial charge < -0.3 is 4.57 Å². The van der Waals surface area contributed by atoms with Crippen LogP contribution in [0.1, 0.15) is 19.4 Å². The zero-order valence-corrected chi connectivity index (χ0v) is 12.4. The average molecular weight is 275 g/mol. The van der Waals surface area contributed by atoms with E-state index in [0.717, 1.165) is 16.5 Å². The van der Waals surface area contributed by atoms with Gasteiger partial charge in [-0.2, -0.15) is 0 Å². The van der Waals surface area contributed by atoms with Crippen molar-refractivity contribution in [3.05, 3.63) is 29.8 Å². The second-order valence-corrected chi connectivity index (χ2v) is 5.91. The van der Waals surface area contributed by atoms with E-state index in [9.17, 15) is 4.79 Å². The number of aromatic nitrogens is 3. The fourth-order valence-electron chi connectivity index (χ4n) is 1.69. The maximum Gasteiger partial charge on any atom is 0.191 e. The largest absolute Gasteiger partial charge is 0.305 e. The number of carbonyl (C=O) groups is 1. The molecular weight excluding hydrogens is 258 g/mol. The topological polar surface area (TPSA) is 47.8 Å². The van der Waals surface area contributed by atoms with Crippen LogP contribution in [0.4, 0.5) is 0 Å². The molecule has 0 saturated heterocycles. The molecule has 0 aliphatic heterocycles. The molecule has 0 N–H and O–H groups in total. The van der Waals surface area contributed by atoms with Crippen molar-refractivity contribution >= 4 is 17.5 Å². The van der Waals surface area contributed by atoms with Crippen LogP contribution in [0.3, 0.4) is 0 Å². The molecule has 2 rings (SSSR count). The van der Waals surface area contributed by atoms with Crippen LogP contribution in [-0.2, 0) is 11.8 Å². The van der Waals surface area contributed by atoms with Gasteiger partial charge in [-0.05, 0) is 26.8 Å². The van der Waals surface area contributed by atoms with Crippen molar-refractivity contribution in [1.29, 1.82) is 0 Å². The number of ketones is 1. The van der Waals surface area contributed by atoms with Gasteiger partial charge in [0.1, 0.15) is 5.78 Å². The van der Waals surface area contributed by atoms with Crippen molar-refractivity contribution < 1.29 is 4.79 Å². The van der Waals surface area contributed by atoms with Crippen LogP contribution in [-0.4, -0.2) is 25.8 Å². The molecule has 2 aromatic rings. The van der Waals surface area contributed by atoms with E-state index in [4.69, 9.17) is 0 Å². The lowest BCUT2D eigenvalue weighted by Gasteiger charge is -2.07. The average Bonchev–Trinajstić information content (AvgIpc) is 2.71. The Balaban J connectivity index is 2.30. The minimum absolute atomic E-state index is 0.103. The van der Waals surface area contributed by atoms with Crippen LogP contribution >= 0.6 is 11.8 Å². The van der Waals surface area contributed by atoms with Crippen LogP contribution in [0, 0.1) is 6.92 Å². The van der Waals surface area contributed by atoms with Crippen LogP contribution in [0.15, 0.2) is 29.4 Å². The lowest BCUT2D eigenvalue weighted by Crippen LogP contribution is -2.09. The summed E-state index contributed by atoms with van der Waals surface area (Å²) in [5, 5.41) is 9.05. The van der Waals surface area contributed by atoms with Gasteiger partial charge in [-0.3, -0.25) is 4.79 Å². The number of thioether (sulfide) groups is 1. The Bertz CT molecular complexity index is 606. The van der Waals surface area contributed by atoms with E-state index in [0.29, 0.717) is 0 Å². The van der Waals surface area contributed by atoms with Crippen molar-refractivity contribution in [3.63, 3.8) is 0 Å². The number of nitrogens with zero attached hydrogens (tertiary/aromatic N) is 3. The molecule has 1 atom stereocenters. The molecular formula is C14H17N3OS. The van der Waals surface area contributed by atoms with E-state index in [2.05, 4.69) is 16.3 Å². The molecule has 4 nitrogen and oxygen atoms in total. The van der Waals surface area contributed by atoms with E-state index < -0.39 is 0 Å². The summed E-state index contributed by atoms with van der Waals surface area (Å²) in [5.74, 6) is 0.965. The second-order valence-electron chi connectivity index (χ2n) is 4.61. The third-order valence-corrected chi connectivity index (χ3v) is 4.22. The number of hydrogen-bond acceptors (Lipinski definition) is 4. The first kappa shape index (κ1) is 13.8. The highest BCUT2D eigenvalue weighted by Gasteiger charge is 2.16. The Hall–Kier alpha value is -1.62. The minimum Gasteiger partial charge on any atom is -0.305 e. The van der Waals surface area contributed by atoms with Gasteiger partial charge in [-0.15, -0.1) is 10.2 Å². The van der Waals surface area contributed by atoms with E-state index in [1.165, 1.54) is 17.3 Å². The minimum atomic E-state index is -0.103. The fraction of sp³-hybridized carbons (Fsp3) is 0.357. The highest BCUT2D eigenvalue weighted by atomic mass is 32.2. The third kappa shape index (κ3) is 3.04. The number of benzene rings is 1. The zero-order valence-electron chi connectivity index (χ0n) is 11.5. The number of carbonyl (C=O) groups excluding carboxylic acids is 1. The predicted molar refractivity (Wildman–Crippen MR) is 77.2 cm³/mol. The fourth-order valence-corrected chi connectivity index (χ4v) is 2.51. The molecule has 0 radical (unpaired) electrons. The lowest BCUT2D eigenvalue weighted by atomic mass is 10.1. The van der Waals surface area contributed by atoms with Gasteiger partial charge >= 0.3 is 0 Å². The highest BCUT2D eigenvalue weighted by Crippen LogP contribution is 2.26. The third-order valence-electron chi connectivity index (χ3n) is 2.97. The predicted octanol–water partition coefficient (Wildman–Crippen LogP) is 2.86. The molecule has 0 aliphatic rings. The quantitative estimate of drug-likeness (QED) is 0.805. The molecule has 1 unspecified atom stereocenters. The van der Waals surface area contributed by atoms with Crippen molar-refractivity contribution in [2.24, 2.45) is 7.05 Å². The molecule has 5 heteroatoms. The van der Waals surface area contributed by atoms with E-state index in [1.54, 1.807) is 6.92 Å². The Kier molecular flexibility index (Phi) is 4.04. The van der Waals surface area contributed by atoms with E-state index in [1.807, 2.05) is 43.7 Å². The maximum atomic E-state index is 11.3. The molecule has 0 saturated carbocycles. The summed E-state index contributed by atoms with van der Waals surface area (Å²) >= 11 is 1.44. The molecule has 100 valence electrons. The summed E-state index contributed by atoms with van der Waals surface area (Å²) in [5.41, 5.74) is 2.23. The number of hydrogen-bond donors (Lipinski definition) is 0. The van der Waals surface area contributed by atoms with Crippen molar-refractivity contribution in [2.45, 2.75) is 31.2 Å². The lowest BCUT2D eigenvalue weighted by molar-refractivity contribution is -0.116. The van der Waals surface area contributed by atoms with Crippen LogP contribution in [0.25, 0.3) is 11.4 Å². The van der Waals surface area contributed by atoms with Crippen LogP contribution < -0.4 is 0 Å². The Morgan fingerprint density at radius 2 is 2.11 bits per heavy atom. The molecule has 1 heterocycles. The molecule has 1 aromatic heterocycles. The van der Waals surface area contributed by atoms with Crippen LogP contribution in [0.5, 0.6) is 0 Å². The number of rotatable bonds is 4. The van der Waals surface area contributed by atoms with Gasteiger partial charge in [-0.1, -0.05) is 35.5 Å². The van der Waals surface area contributed by atoms with Gasteiger partial charge in [0.2, 0.25) is 0 Å². The van der Waals surface area contributed by atoms with E-state index in [-0.39, 0.29) is 11.0 Å². The molecule has 0 fully saturated rings. The van der Waals surface area contributed by atoms with Gasteiger partial charge in [0.15, 0.2) is 11.0 Å². The molecule has 0 spiro atoms. The number of Topliss-reactive ketones (excluding diaryl/α,β-unsaturated/α-hetero) is 1. The second kappa shape index (κ2) is 5.57. The molecule has 0 amide bonds. The first-order chi connectivity index (χ1) is 8.99. The monoisotopic (exact) mass is 275 g/mol. The first-order valence-electron chi connectivity index (χ1n) is 6.12. The van der Waals surface area contributed by atoms with Gasteiger partial charge in [0.25, 0.3) is 0 Å². The zero-order chi connectivity index (χ0) is 14.0. The summed E-state index contributed by atoms with van der Waals surface area (Å²) in [6, 6.07) is 8.14. The summed E-state index contributed by atoms with van der Waals surface area (Å²) in [4.78, 5) is 11.3. The summed E-state index contributed by atoms with van der Waals surface area (Å²) in [7, 11) is 1.92. The Labute approximate surface area is 117 Å². The van der Waals surface area contributed by atoms with Gasteiger partial charge in [0.05, 0.1) is 5.25 Å². The Morgan fingerprint density at radius 1 is 1.37 bits per heavy atom. The van der Waals surface area contributed by atoms with Crippen molar-refractivity contribution in [1.82, 2.24) is 14.8 Å². The smallest absolute Gasteiger partial charge is 0.191 e. The molecule has 0 bridgehead atoms. The molecule has 0 aliphatic carbocycles. The Morgan fingerprint density at radius 3 is 2.74 bits per heavy atom. The van der Waals surface area contributed by atoms with E-state index >= 15 is 0 Å². The summed E-state index contributed by atoms with van der Waals surface area (Å²) < 4.78 is 1.93. The summed E-state index contributed by atoms with van der Waals surface area (Å²) in [6.45, 7) is 5.52. The highest BCUT2D eigenvalue weighted by molar-refractivity contribution is 8.00. The van der Waals surface area contributed by atoms with Crippen molar-refractivity contribution in [3.8, 4) is 11.4 Å². The first-order valence-corrected chi connectivity index (χ1v) is 7.00. The normalized spacial score (nSPS) is 12.4. The van der Waals surface area contributed by atoms with Crippen molar-refractivity contribution in [2.75, 3.05) is 0 Å². The number of aryl methyl sites for hydroxylation is 1. The molecule has 19 heavy (non-hydrogen) atoms. The summed E-state index contributed by atoms with van der Waals surface area (Å²) in [6.07, 6.45) is 0. The molecule has 1 aromatic carbocycles. The van der Waals surface area contributed by atoms with Crippen LogP contribution in [0.2, 0.25) is 0 Å².